The minimum Gasteiger partial charge on any atom is -0.491 e. The second-order valence-electron chi connectivity index (χ2n) is 6.31. The van der Waals surface area contributed by atoms with Crippen LogP contribution in [0.5, 0.6) is 5.75 Å². The Bertz CT molecular complexity index is 1040. The predicted molar refractivity (Wildman–Crippen MR) is 107 cm³/mol. The maximum atomic E-state index is 13.0. The fraction of sp³-hybridized carbons (Fsp3) is 0.350. The van der Waals surface area contributed by atoms with Crippen molar-refractivity contribution < 1.29 is 19.4 Å². The summed E-state index contributed by atoms with van der Waals surface area (Å²) < 4.78 is 12.0. The highest BCUT2D eigenvalue weighted by Crippen LogP contribution is 2.28. The largest absolute Gasteiger partial charge is 0.491 e. The van der Waals surface area contributed by atoms with Crippen molar-refractivity contribution in [3.8, 4) is 5.75 Å². The average Bonchev–Trinajstić information content (AvgIpc) is 3.01. The molecule has 3 aromatic rings. The highest BCUT2D eigenvalue weighted by Gasteiger charge is 2.22. The highest BCUT2D eigenvalue weighted by molar-refractivity contribution is 7.20. The summed E-state index contributed by atoms with van der Waals surface area (Å²) in [6.45, 7) is 5.49. The van der Waals surface area contributed by atoms with Crippen molar-refractivity contribution in [1.82, 2.24) is 9.55 Å². The Hall–Kier alpha value is -2.71. The van der Waals surface area contributed by atoms with Crippen LogP contribution in [0.3, 0.4) is 0 Å². The van der Waals surface area contributed by atoms with E-state index >= 15 is 0 Å². The quantitative estimate of drug-likeness (QED) is 0.611. The number of benzene rings is 1. The molecule has 0 aliphatic carbocycles. The minimum absolute atomic E-state index is 0.0461. The lowest BCUT2D eigenvalue weighted by Gasteiger charge is -2.15. The maximum absolute atomic E-state index is 13.0. The molecule has 148 valence electrons. The maximum Gasteiger partial charge on any atom is 0.348 e. The van der Waals surface area contributed by atoms with Gasteiger partial charge in [0.1, 0.15) is 34.0 Å². The van der Waals surface area contributed by atoms with Crippen molar-refractivity contribution in [3.05, 3.63) is 57.0 Å². The molecule has 28 heavy (non-hydrogen) atoms. The molecule has 1 aromatic carbocycles. The van der Waals surface area contributed by atoms with Crippen molar-refractivity contribution in [2.24, 2.45) is 0 Å². The molecule has 2 aromatic heterocycles. The molecular weight excluding hydrogens is 380 g/mol. The van der Waals surface area contributed by atoms with E-state index in [2.05, 4.69) is 4.98 Å². The summed E-state index contributed by atoms with van der Waals surface area (Å²) in [5, 5.41) is 10.7. The van der Waals surface area contributed by atoms with Crippen LogP contribution in [0.15, 0.2) is 35.1 Å². The van der Waals surface area contributed by atoms with Gasteiger partial charge in [-0.1, -0.05) is 18.2 Å². The van der Waals surface area contributed by atoms with Crippen LogP contribution in [-0.4, -0.2) is 39.9 Å². The molecule has 1 N–H and O–H groups in total. The van der Waals surface area contributed by atoms with Crippen LogP contribution in [0.2, 0.25) is 0 Å². The second kappa shape index (κ2) is 8.53. The van der Waals surface area contributed by atoms with Crippen molar-refractivity contribution >= 4 is 27.5 Å². The van der Waals surface area contributed by atoms with Crippen molar-refractivity contribution in [1.29, 1.82) is 0 Å². The van der Waals surface area contributed by atoms with E-state index in [-0.39, 0.29) is 25.3 Å². The summed E-state index contributed by atoms with van der Waals surface area (Å²) in [7, 11) is 0. The van der Waals surface area contributed by atoms with Crippen LogP contribution in [0.4, 0.5) is 0 Å². The number of aryl methyl sites for hydroxylation is 2. The number of hydrogen-bond acceptors (Lipinski definition) is 7. The lowest BCUT2D eigenvalue weighted by Crippen LogP contribution is -2.32. The zero-order valence-corrected chi connectivity index (χ0v) is 16.8. The third-order valence-corrected chi connectivity index (χ3v) is 5.45. The van der Waals surface area contributed by atoms with Crippen molar-refractivity contribution in [2.75, 3.05) is 13.2 Å². The van der Waals surface area contributed by atoms with Crippen LogP contribution in [0.25, 0.3) is 10.2 Å². The van der Waals surface area contributed by atoms with Crippen LogP contribution in [0.1, 0.15) is 28.0 Å². The molecule has 0 aliphatic rings. The number of aliphatic hydroxyl groups is 1. The van der Waals surface area contributed by atoms with Gasteiger partial charge in [-0.25, -0.2) is 9.78 Å². The summed E-state index contributed by atoms with van der Waals surface area (Å²) in [5.41, 5.74) is 0.269. The van der Waals surface area contributed by atoms with E-state index in [4.69, 9.17) is 9.47 Å². The molecule has 0 amide bonds. The zero-order valence-electron chi connectivity index (χ0n) is 16.0. The van der Waals surface area contributed by atoms with Gasteiger partial charge >= 0.3 is 5.97 Å². The molecule has 0 saturated carbocycles. The number of aliphatic hydroxyl groups excluding tert-OH is 1. The highest BCUT2D eigenvalue weighted by atomic mass is 32.1. The summed E-state index contributed by atoms with van der Waals surface area (Å²) in [6.07, 6.45) is -0.890. The van der Waals surface area contributed by atoms with E-state index in [1.807, 2.05) is 18.2 Å². The van der Waals surface area contributed by atoms with Gasteiger partial charge in [0, 0.05) is 0 Å². The summed E-state index contributed by atoms with van der Waals surface area (Å²) in [4.78, 5) is 30.4. The molecule has 2 heterocycles. The Morgan fingerprint density at radius 2 is 2.00 bits per heavy atom. The number of carbonyl (C=O) groups is 1. The molecular formula is C20H22N2O5S. The van der Waals surface area contributed by atoms with E-state index in [0.29, 0.717) is 32.2 Å². The molecule has 0 aliphatic heterocycles. The lowest BCUT2D eigenvalue weighted by molar-refractivity contribution is 0.0531. The molecule has 0 bridgehead atoms. The summed E-state index contributed by atoms with van der Waals surface area (Å²) >= 11 is 1.15. The lowest BCUT2D eigenvalue weighted by atomic mass is 10.2. The van der Waals surface area contributed by atoms with Crippen molar-refractivity contribution in [2.45, 2.75) is 33.4 Å². The van der Waals surface area contributed by atoms with E-state index in [0.717, 1.165) is 11.3 Å². The normalized spacial score (nSPS) is 12.1. The van der Waals surface area contributed by atoms with Gasteiger partial charge in [0.25, 0.3) is 5.56 Å². The molecule has 0 saturated heterocycles. The zero-order chi connectivity index (χ0) is 20.3. The van der Waals surface area contributed by atoms with E-state index in [1.54, 1.807) is 32.9 Å². The number of thiophene rings is 1. The van der Waals surface area contributed by atoms with Gasteiger partial charge in [-0.3, -0.25) is 9.36 Å². The number of para-hydroxylation sites is 1. The van der Waals surface area contributed by atoms with Crippen molar-refractivity contribution in [3.63, 3.8) is 0 Å². The smallest absolute Gasteiger partial charge is 0.348 e. The average molecular weight is 402 g/mol. The molecule has 0 fully saturated rings. The second-order valence-corrected chi connectivity index (χ2v) is 7.31. The van der Waals surface area contributed by atoms with Crippen LogP contribution in [-0.2, 0) is 11.3 Å². The first-order chi connectivity index (χ1) is 13.4. The van der Waals surface area contributed by atoms with Gasteiger partial charge in [-0.15, -0.1) is 11.3 Å². The third-order valence-electron chi connectivity index (χ3n) is 4.28. The number of esters is 1. The summed E-state index contributed by atoms with van der Waals surface area (Å²) in [6, 6.07) is 9.15. The Labute approximate surface area is 166 Å². The monoisotopic (exact) mass is 402 g/mol. The van der Waals surface area contributed by atoms with Crippen LogP contribution < -0.4 is 10.3 Å². The topological polar surface area (TPSA) is 90.7 Å². The Kier molecular flexibility index (Phi) is 6.11. The molecule has 1 atom stereocenters. The number of ether oxygens (including phenoxy) is 2. The number of fused-ring (bicyclic) bond motifs is 1. The molecule has 0 unspecified atom stereocenters. The Balaban J connectivity index is 1.86. The van der Waals surface area contributed by atoms with Crippen LogP contribution in [0, 0.1) is 13.8 Å². The number of aromatic nitrogens is 2. The van der Waals surface area contributed by atoms with Gasteiger partial charge in [-0.05, 0) is 38.5 Å². The first-order valence-electron chi connectivity index (χ1n) is 8.96. The van der Waals surface area contributed by atoms with E-state index in [1.165, 1.54) is 4.57 Å². The van der Waals surface area contributed by atoms with Gasteiger partial charge < -0.3 is 14.6 Å². The SMILES string of the molecule is CCOC(=O)c1sc2nc(C)n(C[C@@H](O)COc3ccccc3)c(=O)c2c1C. The van der Waals surface area contributed by atoms with Gasteiger partial charge in [0.15, 0.2) is 0 Å². The fourth-order valence-electron chi connectivity index (χ4n) is 2.90. The fourth-order valence-corrected chi connectivity index (χ4v) is 4.01. The molecule has 0 spiro atoms. The van der Waals surface area contributed by atoms with Gasteiger partial charge in [-0.2, -0.15) is 0 Å². The van der Waals surface area contributed by atoms with Crippen LogP contribution >= 0.6 is 11.3 Å². The first-order valence-corrected chi connectivity index (χ1v) is 9.77. The number of carbonyl (C=O) groups excluding carboxylic acids is 1. The van der Waals surface area contributed by atoms with E-state index in [9.17, 15) is 14.7 Å². The number of rotatable bonds is 7. The predicted octanol–water partition coefficient (Wildman–Crippen LogP) is 2.69. The molecule has 0 radical (unpaired) electrons. The van der Waals surface area contributed by atoms with Gasteiger partial charge in [0.05, 0.1) is 18.5 Å². The molecule has 8 heteroatoms. The Morgan fingerprint density at radius 3 is 2.68 bits per heavy atom. The molecule has 7 nitrogen and oxygen atoms in total. The minimum atomic E-state index is -0.890. The third kappa shape index (κ3) is 4.07. The summed E-state index contributed by atoms with van der Waals surface area (Å²) in [5.74, 6) is 0.655. The van der Waals surface area contributed by atoms with E-state index < -0.39 is 12.1 Å². The number of hydrogen-bond donors (Lipinski definition) is 1. The first kappa shape index (κ1) is 20.0. The van der Waals surface area contributed by atoms with Gasteiger partial charge in [0.2, 0.25) is 0 Å². The Morgan fingerprint density at radius 1 is 1.29 bits per heavy atom. The number of nitrogens with zero attached hydrogens (tertiary/aromatic N) is 2. The standard InChI is InChI=1S/C20H22N2O5S/c1-4-26-20(25)17-12(2)16-18(28-17)21-13(3)22(19(16)24)10-14(23)11-27-15-8-6-5-7-9-15/h5-9,14,23H,4,10-11H2,1-3H3/t14-/m1/s1. The molecule has 3 rings (SSSR count).